The van der Waals surface area contributed by atoms with Gasteiger partial charge < -0.3 is 10.5 Å². The van der Waals surface area contributed by atoms with Crippen molar-refractivity contribution in [2.45, 2.75) is 6.54 Å². The molecule has 1 rings (SSSR count). The van der Waals surface area contributed by atoms with E-state index >= 15 is 0 Å². The fraction of sp³-hybridized carbons (Fsp3) is 0.333. The molecule has 0 heterocycles. The lowest BCUT2D eigenvalue weighted by Gasteiger charge is -2.15. The minimum atomic E-state index is -0.374. The first-order valence-corrected chi connectivity index (χ1v) is 5.10. The molecular formula is C12H15N3O2. The number of primary amides is 1. The molecule has 0 aromatic heterocycles. The Balaban J connectivity index is 2.80. The quantitative estimate of drug-likeness (QED) is 0.802. The Morgan fingerprint density at radius 2 is 2.29 bits per heavy atom. The van der Waals surface area contributed by atoms with E-state index in [0.717, 1.165) is 5.56 Å². The molecule has 5 nitrogen and oxygen atoms in total. The maximum absolute atomic E-state index is 10.7. The van der Waals surface area contributed by atoms with Gasteiger partial charge in [0.2, 0.25) is 5.91 Å². The molecule has 1 aromatic carbocycles. The number of carbonyl (C=O) groups excluding carboxylic acids is 1. The Hall–Kier alpha value is -2.06. The summed E-state index contributed by atoms with van der Waals surface area (Å²) < 4.78 is 5.05. The van der Waals surface area contributed by atoms with Gasteiger partial charge in [0.05, 0.1) is 19.2 Å². The number of carbonyl (C=O) groups is 1. The maximum atomic E-state index is 10.7. The first-order valence-electron chi connectivity index (χ1n) is 5.10. The summed E-state index contributed by atoms with van der Waals surface area (Å²) in [4.78, 5) is 12.5. The Kier molecular flexibility index (Phi) is 4.49. The molecule has 0 saturated carbocycles. The second-order valence-corrected chi connectivity index (χ2v) is 3.79. The van der Waals surface area contributed by atoms with E-state index in [4.69, 9.17) is 15.7 Å². The average molecular weight is 233 g/mol. The summed E-state index contributed by atoms with van der Waals surface area (Å²) in [5, 5.41) is 8.94. The van der Waals surface area contributed by atoms with Gasteiger partial charge in [0.1, 0.15) is 11.8 Å². The normalized spacial score (nSPS) is 10.0. The van der Waals surface area contributed by atoms with Gasteiger partial charge in [-0.15, -0.1) is 0 Å². The van der Waals surface area contributed by atoms with Crippen LogP contribution in [0, 0.1) is 11.3 Å². The molecule has 0 radical (unpaired) electrons. The monoisotopic (exact) mass is 233 g/mol. The number of likely N-dealkylation sites (N-methyl/N-ethyl adjacent to an activating group) is 1. The lowest BCUT2D eigenvalue weighted by Crippen LogP contribution is -2.30. The van der Waals surface area contributed by atoms with Crippen LogP contribution in [0.1, 0.15) is 11.1 Å². The molecule has 5 heteroatoms. The van der Waals surface area contributed by atoms with Crippen molar-refractivity contribution in [1.82, 2.24) is 4.90 Å². The predicted octanol–water partition coefficient (Wildman–Crippen LogP) is 0.484. The number of rotatable bonds is 5. The third-order valence-corrected chi connectivity index (χ3v) is 2.26. The Bertz CT molecular complexity index is 452. The molecule has 0 fully saturated rings. The van der Waals surface area contributed by atoms with E-state index in [2.05, 4.69) is 6.07 Å². The van der Waals surface area contributed by atoms with Crippen LogP contribution < -0.4 is 10.5 Å². The van der Waals surface area contributed by atoms with Crippen molar-refractivity contribution in [2.24, 2.45) is 5.73 Å². The van der Waals surface area contributed by atoms with E-state index in [1.807, 2.05) is 6.07 Å². The van der Waals surface area contributed by atoms with Crippen LogP contribution >= 0.6 is 0 Å². The minimum Gasteiger partial charge on any atom is -0.495 e. The second kappa shape index (κ2) is 5.87. The third-order valence-electron chi connectivity index (χ3n) is 2.26. The van der Waals surface area contributed by atoms with Gasteiger partial charge in [-0.3, -0.25) is 9.69 Å². The summed E-state index contributed by atoms with van der Waals surface area (Å²) in [7, 11) is 3.32. The van der Waals surface area contributed by atoms with Crippen LogP contribution in [0.2, 0.25) is 0 Å². The highest BCUT2D eigenvalue weighted by Crippen LogP contribution is 2.19. The molecule has 1 amide bonds. The standard InChI is InChI=1S/C12H15N3O2/c1-15(8-12(14)16)7-9-3-4-11(17-2)10(5-9)6-13/h3-5H,7-8H2,1-2H3,(H2,14,16). The Morgan fingerprint density at radius 3 is 2.82 bits per heavy atom. The van der Waals surface area contributed by atoms with Gasteiger partial charge >= 0.3 is 0 Å². The van der Waals surface area contributed by atoms with Crippen molar-refractivity contribution in [3.8, 4) is 11.8 Å². The van der Waals surface area contributed by atoms with E-state index in [9.17, 15) is 4.79 Å². The number of benzene rings is 1. The van der Waals surface area contributed by atoms with E-state index in [0.29, 0.717) is 17.9 Å². The first-order chi connectivity index (χ1) is 8.06. The molecule has 0 aliphatic carbocycles. The third kappa shape index (κ3) is 3.78. The zero-order valence-corrected chi connectivity index (χ0v) is 9.93. The number of hydrogen-bond donors (Lipinski definition) is 1. The van der Waals surface area contributed by atoms with Crippen LogP contribution in [-0.2, 0) is 11.3 Å². The zero-order valence-electron chi connectivity index (χ0n) is 9.93. The number of nitrogens with zero attached hydrogens (tertiary/aromatic N) is 2. The largest absolute Gasteiger partial charge is 0.495 e. The van der Waals surface area contributed by atoms with Crippen LogP contribution in [0.4, 0.5) is 0 Å². The summed E-state index contributed by atoms with van der Waals surface area (Å²) in [6, 6.07) is 7.41. The van der Waals surface area contributed by atoms with Crippen molar-refractivity contribution in [3.63, 3.8) is 0 Å². The summed E-state index contributed by atoms with van der Waals surface area (Å²) in [6.07, 6.45) is 0. The number of methoxy groups -OCH3 is 1. The smallest absolute Gasteiger partial charge is 0.231 e. The topological polar surface area (TPSA) is 79.3 Å². The van der Waals surface area contributed by atoms with Crippen molar-refractivity contribution < 1.29 is 9.53 Å². The number of nitriles is 1. The lowest BCUT2D eigenvalue weighted by atomic mass is 10.1. The second-order valence-electron chi connectivity index (χ2n) is 3.79. The van der Waals surface area contributed by atoms with Crippen LogP contribution in [0.3, 0.4) is 0 Å². The fourth-order valence-electron chi connectivity index (χ4n) is 1.57. The van der Waals surface area contributed by atoms with Crippen molar-refractivity contribution in [1.29, 1.82) is 5.26 Å². The molecule has 0 bridgehead atoms. The molecule has 0 unspecified atom stereocenters. The molecule has 0 spiro atoms. The predicted molar refractivity (Wildman–Crippen MR) is 63.2 cm³/mol. The summed E-state index contributed by atoms with van der Waals surface area (Å²) >= 11 is 0. The molecule has 0 aliphatic heterocycles. The van der Waals surface area contributed by atoms with Crippen LogP contribution in [-0.4, -0.2) is 31.5 Å². The SMILES string of the molecule is COc1ccc(CN(C)CC(N)=O)cc1C#N. The fourth-order valence-corrected chi connectivity index (χ4v) is 1.57. The van der Waals surface area contributed by atoms with Gasteiger partial charge in [-0.1, -0.05) is 6.07 Å². The highest BCUT2D eigenvalue weighted by atomic mass is 16.5. The highest BCUT2D eigenvalue weighted by molar-refractivity contribution is 5.75. The van der Waals surface area contributed by atoms with Gasteiger partial charge in [-0.2, -0.15) is 5.26 Å². The molecule has 0 aliphatic rings. The Morgan fingerprint density at radius 1 is 1.59 bits per heavy atom. The summed E-state index contributed by atoms with van der Waals surface area (Å²) in [5.41, 5.74) is 6.52. The molecule has 17 heavy (non-hydrogen) atoms. The molecule has 0 atom stereocenters. The van der Waals surface area contributed by atoms with Crippen molar-refractivity contribution in [2.75, 3.05) is 20.7 Å². The summed E-state index contributed by atoms with van der Waals surface area (Å²) in [5.74, 6) is 0.176. The number of amides is 1. The Labute approximate surface area is 100 Å². The van der Waals surface area contributed by atoms with Gasteiger partial charge in [-0.25, -0.2) is 0 Å². The first kappa shape index (κ1) is 13.0. The number of hydrogen-bond acceptors (Lipinski definition) is 4. The van der Waals surface area contributed by atoms with Crippen LogP contribution in [0.15, 0.2) is 18.2 Å². The lowest BCUT2D eigenvalue weighted by molar-refractivity contribution is -0.118. The van der Waals surface area contributed by atoms with Crippen molar-refractivity contribution in [3.05, 3.63) is 29.3 Å². The van der Waals surface area contributed by atoms with E-state index in [1.165, 1.54) is 7.11 Å². The van der Waals surface area contributed by atoms with Crippen molar-refractivity contribution >= 4 is 5.91 Å². The molecular weight excluding hydrogens is 218 g/mol. The van der Waals surface area contributed by atoms with Crippen LogP contribution in [0.5, 0.6) is 5.75 Å². The average Bonchev–Trinajstić information content (AvgIpc) is 2.27. The maximum Gasteiger partial charge on any atom is 0.231 e. The van der Waals surface area contributed by atoms with E-state index in [-0.39, 0.29) is 12.5 Å². The number of ether oxygens (including phenoxy) is 1. The summed E-state index contributed by atoms with van der Waals surface area (Å²) in [6.45, 7) is 0.746. The zero-order chi connectivity index (χ0) is 12.8. The highest BCUT2D eigenvalue weighted by Gasteiger charge is 2.07. The molecule has 0 saturated heterocycles. The van der Waals surface area contributed by atoms with Gasteiger partial charge in [0.15, 0.2) is 0 Å². The van der Waals surface area contributed by atoms with Crippen LogP contribution in [0.25, 0.3) is 0 Å². The minimum absolute atomic E-state index is 0.188. The number of nitrogens with two attached hydrogens (primary N) is 1. The molecule has 1 aromatic rings. The van der Waals surface area contributed by atoms with Gasteiger partial charge in [-0.05, 0) is 24.7 Å². The molecule has 2 N–H and O–H groups in total. The van der Waals surface area contributed by atoms with Gasteiger partial charge in [0.25, 0.3) is 0 Å². The molecule has 90 valence electrons. The van der Waals surface area contributed by atoms with Gasteiger partial charge in [0, 0.05) is 6.54 Å². The van der Waals surface area contributed by atoms with E-state index < -0.39 is 0 Å². The van der Waals surface area contributed by atoms with E-state index in [1.54, 1.807) is 24.1 Å².